The molecular weight excluding hydrogens is 322 g/mol. The van der Waals surface area contributed by atoms with E-state index in [1.165, 1.54) is 5.56 Å². The summed E-state index contributed by atoms with van der Waals surface area (Å²) < 4.78 is 15.7. The van der Waals surface area contributed by atoms with Crippen LogP contribution in [0.15, 0.2) is 18.2 Å². The van der Waals surface area contributed by atoms with Gasteiger partial charge >= 0.3 is 0 Å². The highest BCUT2D eigenvalue weighted by atomic mass is 16.7. The molecule has 1 aromatic rings. The van der Waals surface area contributed by atoms with Gasteiger partial charge in [0.05, 0.1) is 6.61 Å². The molecule has 0 aliphatic carbocycles. The van der Waals surface area contributed by atoms with E-state index in [1.54, 1.807) is 7.11 Å². The van der Waals surface area contributed by atoms with Crippen molar-refractivity contribution < 1.29 is 19.0 Å². The topological polar surface area (TPSA) is 63.3 Å². The molecule has 2 heterocycles. The molecule has 2 aliphatic rings. The molecule has 0 aromatic heterocycles. The second-order valence-corrected chi connectivity index (χ2v) is 6.40. The Morgan fingerprint density at radius 2 is 1.92 bits per heavy atom. The number of fused-ring (bicyclic) bond motifs is 1. The molecule has 0 unspecified atom stereocenters. The lowest BCUT2D eigenvalue weighted by Gasteiger charge is -2.34. The van der Waals surface area contributed by atoms with Crippen molar-refractivity contribution in [1.82, 2.24) is 15.1 Å². The largest absolute Gasteiger partial charge is 0.454 e. The minimum atomic E-state index is 0.0971. The molecular formula is C18H27N3O4. The second kappa shape index (κ2) is 9.03. The summed E-state index contributed by atoms with van der Waals surface area (Å²) in [5, 5.41) is 2.86. The van der Waals surface area contributed by atoms with Crippen molar-refractivity contribution in [2.45, 2.75) is 13.0 Å². The molecule has 2 aliphatic heterocycles. The second-order valence-electron chi connectivity index (χ2n) is 6.40. The minimum Gasteiger partial charge on any atom is -0.454 e. The van der Waals surface area contributed by atoms with E-state index in [2.05, 4.69) is 27.2 Å². The zero-order valence-corrected chi connectivity index (χ0v) is 14.8. The molecule has 138 valence electrons. The summed E-state index contributed by atoms with van der Waals surface area (Å²) in [5.41, 5.74) is 1.25. The highest BCUT2D eigenvalue weighted by Gasteiger charge is 2.19. The Labute approximate surface area is 148 Å². The normalized spacial score (nSPS) is 17.6. The van der Waals surface area contributed by atoms with Crippen LogP contribution in [0.4, 0.5) is 0 Å². The molecule has 0 saturated carbocycles. The average Bonchev–Trinajstić information content (AvgIpc) is 3.09. The third kappa shape index (κ3) is 5.32. The van der Waals surface area contributed by atoms with Crippen LogP contribution in [0.1, 0.15) is 12.0 Å². The van der Waals surface area contributed by atoms with Gasteiger partial charge in [0, 0.05) is 59.3 Å². The summed E-state index contributed by atoms with van der Waals surface area (Å²) in [6.45, 7) is 7.21. The van der Waals surface area contributed by atoms with Gasteiger partial charge in [-0.15, -0.1) is 0 Å². The van der Waals surface area contributed by atoms with Gasteiger partial charge in [-0.25, -0.2) is 0 Å². The summed E-state index contributed by atoms with van der Waals surface area (Å²) in [6, 6.07) is 6.15. The first kappa shape index (κ1) is 18.0. The zero-order chi connectivity index (χ0) is 17.5. The van der Waals surface area contributed by atoms with Crippen LogP contribution in [0.25, 0.3) is 0 Å². The van der Waals surface area contributed by atoms with Crippen LogP contribution in [0.2, 0.25) is 0 Å². The number of hydrogen-bond donors (Lipinski definition) is 1. The Morgan fingerprint density at radius 1 is 1.16 bits per heavy atom. The summed E-state index contributed by atoms with van der Waals surface area (Å²) in [5.74, 6) is 1.77. The maximum Gasteiger partial charge on any atom is 0.231 e. The van der Waals surface area contributed by atoms with E-state index < -0.39 is 0 Å². The van der Waals surface area contributed by atoms with Crippen LogP contribution >= 0.6 is 0 Å². The van der Waals surface area contributed by atoms with Gasteiger partial charge in [-0.2, -0.15) is 0 Å². The molecule has 1 N–H and O–H groups in total. The predicted molar refractivity (Wildman–Crippen MR) is 93.8 cm³/mol. The van der Waals surface area contributed by atoms with Gasteiger partial charge in [0.1, 0.15) is 0 Å². The van der Waals surface area contributed by atoms with E-state index in [0.717, 1.165) is 50.8 Å². The Balaban J connectivity index is 1.35. The quantitative estimate of drug-likeness (QED) is 0.697. The van der Waals surface area contributed by atoms with Crippen molar-refractivity contribution >= 4 is 5.91 Å². The Hall–Kier alpha value is -1.83. The van der Waals surface area contributed by atoms with Gasteiger partial charge in [0.2, 0.25) is 12.7 Å². The van der Waals surface area contributed by atoms with Crippen molar-refractivity contribution in [3.63, 3.8) is 0 Å². The number of nitrogens with zero attached hydrogens (tertiary/aromatic N) is 2. The molecule has 0 radical (unpaired) electrons. The Morgan fingerprint density at radius 3 is 2.72 bits per heavy atom. The molecule has 7 nitrogen and oxygen atoms in total. The summed E-state index contributed by atoms with van der Waals surface area (Å²) in [6.07, 6.45) is 0.547. The van der Waals surface area contributed by atoms with Crippen molar-refractivity contribution in [3.05, 3.63) is 23.8 Å². The Kier molecular flexibility index (Phi) is 6.49. The molecule has 1 fully saturated rings. The molecule has 7 heteroatoms. The zero-order valence-electron chi connectivity index (χ0n) is 14.8. The number of rotatable bonds is 8. The highest BCUT2D eigenvalue weighted by Crippen LogP contribution is 2.32. The van der Waals surface area contributed by atoms with E-state index in [0.29, 0.717) is 26.4 Å². The molecule has 1 aromatic carbocycles. The van der Waals surface area contributed by atoms with Crippen LogP contribution in [0, 0.1) is 0 Å². The summed E-state index contributed by atoms with van der Waals surface area (Å²) >= 11 is 0. The van der Waals surface area contributed by atoms with Crippen LogP contribution in [-0.4, -0.2) is 75.5 Å². The van der Waals surface area contributed by atoms with E-state index in [-0.39, 0.29) is 5.91 Å². The van der Waals surface area contributed by atoms with E-state index >= 15 is 0 Å². The van der Waals surface area contributed by atoms with Crippen molar-refractivity contribution in [1.29, 1.82) is 0 Å². The fraction of sp³-hybridized carbons (Fsp3) is 0.611. The molecule has 0 atom stereocenters. The monoisotopic (exact) mass is 349 g/mol. The lowest BCUT2D eigenvalue weighted by Crippen LogP contribution is -2.46. The van der Waals surface area contributed by atoms with Gasteiger partial charge in [-0.05, 0) is 17.7 Å². The van der Waals surface area contributed by atoms with Crippen molar-refractivity contribution in [3.8, 4) is 11.5 Å². The first-order chi connectivity index (χ1) is 12.2. The molecule has 25 heavy (non-hydrogen) atoms. The van der Waals surface area contributed by atoms with Crippen LogP contribution in [-0.2, 0) is 16.1 Å². The first-order valence-electron chi connectivity index (χ1n) is 8.83. The lowest BCUT2D eigenvalue weighted by molar-refractivity contribution is -0.121. The molecule has 1 amide bonds. The first-order valence-corrected chi connectivity index (χ1v) is 8.83. The third-order valence-corrected chi connectivity index (χ3v) is 4.59. The highest BCUT2D eigenvalue weighted by molar-refractivity contribution is 5.76. The SMILES string of the molecule is COCCNC(=O)CCN1CCN(Cc2ccc3c(c2)OCO3)CC1. The lowest BCUT2D eigenvalue weighted by atomic mass is 10.1. The van der Waals surface area contributed by atoms with Crippen LogP contribution in [0.3, 0.4) is 0 Å². The number of carbonyl (C=O) groups excluding carboxylic acids is 1. The van der Waals surface area contributed by atoms with Crippen LogP contribution in [0.5, 0.6) is 11.5 Å². The number of hydrogen-bond acceptors (Lipinski definition) is 6. The number of piperazine rings is 1. The fourth-order valence-electron chi connectivity index (χ4n) is 3.11. The van der Waals surface area contributed by atoms with Gasteiger partial charge in [0.25, 0.3) is 0 Å². The van der Waals surface area contributed by atoms with Crippen molar-refractivity contribution in [2.75, 3.05) is 59.8 Å². The number of amides is 1. The van der Waals surface area contributed by atoms with Crippen LogP contribution < -0.4 is 14.8 Å². The van der Waals surface area contributed by atoms with E-state index in [1.807, 2.05) is 6.07 Å². The van der Waals surface area contributed by atoms with E-state index in [9.17, 15) is 4.79 Å². The molecule has 0 bridgehead atoms. The Bertz CT molecular complexity index is 573. The smallest absolute Gasteiger partial charge is 0.231 e. The number of benzene rings is 1. The summed E-state index contributed by atoms with van der Waals surface area (Å²) in [4.78, 5) is 16.5. The summed E-state index contributed by atoms with van der Waals surface area (Å²) in [7, 11) is 1.63. The number of ether oxygens (including phenoxy) is 3. The van der Waals surface area contributed by atoms with Gasteiger partial charge < -0.3 is 24.4 Å². The average molecular weight is 349 g/mol. The number of nitrogens with one attached hydrogen (secondary N) is 1. The number of methoxy groups -OCH3 is 1. The molecule has 0 spiro atoms. The molecule has 1 saturated heterocycles. The molecule has 3 rings (SSSR count). The maximum absolute atomic E-state index is 11.7. The predicted octanol–water partition coefficient (Wildman–Crippen LogP) is 0.686. The standard InChI is InChI=1S/C18H27N3O4/c1-23-11-5-19-18(22)4-6-20-7-9-21(10-8-20)13-15-2-3-16-17(12-15)25-14-24-16/h2-3,12H,4-11,13-14H2,1H3,(H,19,22). The van der Waals surface area contributed by atoms with Gasteiger partial charge in [0.15, 0.2) is 11.5 Å². The van der Waals surface area contributed by atoms with Gasteiger partial charge in [-0.1, -0.05) is 6.07 Å². The fourth-order valence-corrected chi connectivity index (χ4v) is 3.11. The number of carbonyl (C=O) groups is 1. The van der Waals surface area contributed by atoms with Gasteiger partial charge in [-0.3, -0.25) is 9.69 Å². The maximum atomic E-state index is 11.7. The van der Waals surface area contributed by atoms with E-state index in [4.69, 9.17) is 14.2 Å². The van der Waals surface area contributed by atoms with Crippen molar-refractivity contribution in [2.24, 2.45) is 0 Å². The minimum absolute atomic E-state index is 0.0971. The third-order valence-electron chi connectivity index (χ3n) is 4.59.